The molecular formula is C24H25N5O3. The number of nitrogens with zero attached hydrogens (tertiary/aromatic N) is 4. The highest BCUT2D eigenvalue weighted by atomic mass is 16.5. The van der Waals surface area contributed by atoms with E-state index in [0.717, 1.165) is 16.6 Å². The summed E-state index contributed by atoms with van der Waals surface area (Å²) < 4.78 is 8.63. The molecule has 32 heavy (non-hydrogen) atoms. The second-order valence-electron chi connectivity index (χ2n) is 7.55. The highest BCUT2D eigenvalue weighted by Gasteiger charge is 2.20. The van der Waals surface area contributed by atoms with Crippen molar-refractivity contribution < 1.29 is 9.53 Å². The van der Waals surface area contributed by atoms with Crippen molar-refractivity contribution in [2.75, 3.05) is 11.9 Å². The lowest BCUT2D eigenvalue weighted by Crippen LogP contribution is -2.17. The van der Waals surface area contributed by atoms with Crippen LogP contribution >= 0.6 is 0 Å². The highest BCUT2D eigenvalue weighted by Crippen LogP contribution is 2.27. The molecule has 0 spiro atoms. The molecule has 0 aliphatic rings. The van der Waals surface area contributed by atoms with Gasteiger partial charge in [0, 0.05) is 24.7 Å². The molecule has 0 aliphatic carbocycles. The molecule has 4 aromatic rings. The van der Waals surface area contributed by atoms with Crippen molar-refractivity contribution in [3.8, 4) is 0 Å². The van der Waals surface area contributed by atoms with Gasteiger partial charge in [0.1, 0.15) is 11.3 Å². The Morgan fingerprint density at radius 2 is 1.91 bits per heavy atom. The van der Waals surface area contributed by atoms with Gasteiger partial charge < -0.3 is 14.6 Å². The Bertz CT molecular complexity index is 1340. The molecule has 0 saturated carbocycles. The average molecular weight is 431 g/mol. The number of fused-ring (bicyclic) bond motifs is 1. The van der Waals surface area contributed by atoms with Crippen molar-refractivity contribution in [1.82, 2.24) is 19.1 Å². The van der Waals surface area contributed by atoms with Crippen LogP contribution in [0.1, 0.15) is 41.6 Å². The Labute approximate surface area is 185 Å². The summed E-state index contributed by atoms with van der Waals surface area (Å²) in [5.74, 6) is -0.0579. The van der Waals surface area contributed by atoms with Crippen LogP contribution in [0.3, 0.4) is 0 Å². The molecule has 0 amide bonds. The van der Waals surface area contributed by atoms with E-state index in [-0.39, 0.29) is 18.2 Å². The third kappa shape index (κ3) is 3.99. The maximum absolute atomic E-state index is 12.6. The van der Waals surface area contributed by atoms with Gasteiger partial charge in [-0.05, 0) is 38.5 Å². The number of carbonyl (C=O) groups is 1. The van der Waals surface area contributed by atoms with E-state index in [2.05, 4.69) is 15.3 Å². The predicted octanol–water partition coefficient (Wildman–Crippen LogP) is 3.97. The molecule has 3 aromatic heterocycles. The maximum atomic E-state index is 12.6. The van der Waals surface area contributed by atoms with Gasteiger partial charge in [-0.2, -0.15) is 4.98 Å². The monoisotopic (exact) mass is 431 g/mol. The minimum Gasteiger partial charge on any atom is -0.461 e. The Balaban J connectivity index is 1.75. The lowest BCUT2D eigenvalue weighted by Gasteiger charge is -2.17. The predicted molar refractivity (Wildman–Crippen MR) is 123 cm³/mol. The molecule has 164 valence electrons. The van der Waals surface area contributed by atoms with Gasteiger partial charge in [0.15, 0.2) is 0 Å². The molecule has 4 rings (SSSR count). The van der Waals surface area contributed by atoms with E-state index in [9.17, 15) is 9.59 Å². The summed E-state index contributed by atoms with van der Waals surface area (Å²) in [6.45, 7) is 5.95. The van der Waals surface area contributed by atoms with Gasteiger partial charge in [-0.15, -0.1) is 0 Å². The highest BCUT2D eigenvalue weighted by molar-refractivity contribution is 5.89. The molecule has 0 radical (unpaired) electrons. The van der Waals surface area contributed by atoms with Gasteiger partial charge >= 0.3 is 5.97 Å². The topological polar surface area (TPSA) is 91.0 Å². The number of aryl methyl sites for hydroxylation is 2. The van der Waals surface area contributed by atoms with Gasteiger partial charge in [0.2, 0.25) is 5.95 Å². The van der Waals surface area contributed by atoms with Crippen LogP contribution in [0.25, 0.3) is 11.0 Å². The van der Waals surface area contributed by atoms with Crippen LogP contribution in [0.4, 0.5) is 11.6 Å². The van der Waals surface area contributed by atoms with E-state index in [1.54, 1.807) is 26.1 Å². The van der Waals surface area contributed by atoms with Crippen molar-refractivity contribution in [3.63, 3.8) is 0 Å². The summed E-state index contributed by atoms with van der Waals surface area (Å²) in [6, 6.07) is 14.8. The molecule has 8 heteroatoms. The Kier molecular flexibility index (Phi) is 5.77. The zero-order chi connectivity index (χ0) is 22.8. The fraction of sp³-hybridized carbons (Fsp3) is 0.250. The van der Waals surface area contributed by atoms with Crippen LogP contribution in [-0.2, 0) is 11.8 Å². The lowest BCUT2D eigenvalue weighted by molar-refractivity contribution is 0.0512. The van der Waals surface area contributed by atoms with E-state index >= 15 is 0 Å². The molecule has 0 bridgehead atoms. The van der Waals surface area contributed by atoms with Gasteiger partial charge in [0.25, 0.3) is 5.56 Å². The maximum Gasteiger partial charge on any atom is 0.355 e. The first-order valence-corrected chi connectivity index (χ1v) is 10.4. The number of nitrogens with one attached hydrogen (secondary N) is 1. The van der Waals surface area contributed by atoms with Crippen molar-refractivity contribution in [2.24, 2.45) is 7.05 Å². The number of pyridine rings is 1. The number of benzene rings is 1. The number of carbonyl (C=O) groups excluding carboxylic acids is 1. The van der Waals surface area contributed by atoms with Gasteiger partial charge in [0.05, 0.1) is 24.0 Å². The second kappa shape index (κ2) is 8.66. The summed E-state index contributed by atoms with van der Waals surface area (Å²) in [6.07, 6.45) is 1.84. The molecule has 1 unspecified atom stereocenters. The van der Waals surface area contributed by atoms with Crippen molar-refractivity contribution in [3.05, 3.63) is 82.0 Å². The minimum absolute atomic E-state index is 0.0914. The van der Waals surface area contributed by atoms with E-state index in [1.165, 1.54) is 10.6 Å². The summed E-state index contributed by atoms with van der Waals surface area (Å²) >= 11 is 0. The number of ether oxygens (including phenoxy) is 1. The standard InChI is InChI=1S/C24H25N5O3/c1-5-32-23(31)20-13-18(14-29(20)16(3)17-9-7-6-8-10-17)26-24-25-15(2)19-11-12-21(30)28(4)22(19)27-24/h6-14,16H,5H2,1-4H3,(H,25,26,27). The number of hydrogen-bond acceptors (Lipinski definition) is 6. The first-order valence-electron chi connectivity index (χ1n) is 10.4. The molecule has 0 aliphatic heterocycles. The molecule has 1 N–H and O–H groups in total. The van der Waals surface area contributed by atoms with Crippen LogP contribution < -0.4 is 10.9 Å². The van der Waals surface area contributed by atoms with E-state index in [0.29, 0.717) is 23.0 Å². The molecule has 3 heterocycles. The van der Waals surface area contributed by atoms with Gasteiger partial charge in [-0.3, -0.25) is 9.36 Å². The summed E-state index contributed by atoms with van der Waals surface area (Å²) in [7, 11) is 1.68. The Morgan fingerprint density at radius 3 is 2.62 bits per heavy atom. The first kappa shape index (κ1) is 21.3. The SMILES string of the molecule is CCOC(=O)c1cc(Nc2nc(C)c3ccc(=O)n(C)c3n2)cn1C(C)c1ccccc1. The fourth-order valence-corrected chi connectivity index (χ4v) is 3.70. The van der Waals surface area contributed by atoms with Gasteiger partial charge in [-0.1, -0.05) is 30.3 Å². The summed E-state index contributed by atoms with van der Waals surface area (Å²) in [5.41, 5.74) is 3.28. The van der Waals surface area contributed by atoms with Crippen molar-refractivity contribution >= 4 is 28.6 Å². The second-order valence-corrected chi connectivity index (χ2v) is 7.55. The summed E-state index contributed by atoms with van der Waals surface area (Å²) in [4.78, 5) is 33.7. The van der Waals surface area contributed by atoms with Crippen LogP contribution in [0.5, 0.6) is 0 Å². The number of rotatable bonds is 6. The van der Waals surface area contributed by atoms with E-state index in [1.807, 2.05) is 54.9 Å². The largest absolute Gasteiger partial charge is 0.461 e. The number of aromatic nitrogens is 4. The summed E-state index contributed by atoms with van der Waals surface area (Å²) in [5, 5.41) is 3.99. The quantitative estimate of drug-likeness (QED) is 0.465. The third-order valence-electron chi connectivity index (χ3n) is 5.45. The van der Waals surface area contributed by atoms with Crippen LogP contribution in [0.15, 0.2) is 59.5 Å². The van der Waals surface area contributed by atoms with E-state index < -0.39 is 5.97 Å². The lowest BCUT2D eigenvalue weighted by atomic mass is 10.1. The smallest absolute Gasteiger partial charge is 0.355 e. The van der Waals surface area contributed by atoms with Gasteiger partial charge in [-0.25, -0.2) is 9.78 Å². The van der Waals surface area contributed by atoms with E-state index in [4.69, 9.17) is 4.74 Å². The first-order chi connectivity index (χ1) is 15.4. The zero-order valence-electron chi connectivity index (χ0n) is 18.5. The Hall–Kier alpha value is -3.94. The van der Waals surface area contributed by atoms with Crippen LogP contribution in [-0.4, -0.2) is 31.7 Å². The van der Waals surface area contributed by atoms with Crippen molar-refractivity contribution in [1.29, 1.82) is 0 Å². The average Bonchev–Trinajstić information content (AvgIpc) is 3.20. The molecule has 8 nitrogen and oxygen atoms in total. The number of esters is 1. The third-order valence-corrected chi connectivity index (χ3v) is 5.45. The number of hydrogen-bond donors (Lipinski definition) is 1. The van der Waals surface area contributed by atoms with Crippen LogP contribution in [0.2, 0.25) is 0 Å². The molecule has 1 atom stereocenters. The normalized spacial score (nSPS) is 12.0. The molecule has 0 fully saturated rings. The number of anilines is 2. The Morgan fingerprint density at radius 1 is 1.16 bits per heavy atom. The minimum atomic E-state index is -0.402. The fourth-order valence-electron chi connectivity index (χ4n) is 3.70. The molecular weight excluding hydrogens is 406 g/mol. The molecule has 1 aromatic carbocycles. The van der Waals surface area contributed by atoms with Crippen LogP contribution in [0, 0.1) is 6.92 Å². The zero-order valence-corrected chi connectivity index (χ0v) is 18.5. The van der Waals surface area contributed by atoms with Crippen molar-refractivity contribution in [2.45, 2.75) is 26.8 Å². The molecule has 0 saturated heterocycles.